The van der Waals surface area contributed by atoms with Crippen molar-refractivity contribution in [3.05, 3.63) is 23.9 Å². The second-order valence-corrected chi connectivity index (χ2v) is 4.06. The minimum absolute atomic E-state index is 0.171. The first-order valence-corrected chi connectivity index (χ1v) is 5.79. The highest BCUT2D eigenvalue weighted by atomic mass is 16.2. The van der Waals surface area contributed by atoms with Crippen molar-refractivity contribution >= 4 is 11.8 Å². The third-order valence-electron chi connectivity index (χ3n) is 2.40. The summed E-state index contributed by atoms with van der Waals surface area (Å²) in [5.41, 5.74) is 1.22. The van der Waals surface area contributed by atoms with Crippen molar-refractivity contribution in [3.63, 3.8) is 0 Å². The van der Waals surface area contributed by atoms with Gasteiger partial charge in [-0.3, -0.25) is 0 Å². The van der Waals surface area contributed by atoms with Gasteiger partial charge >= 0.3 is 6.03 Å². The van der Waals surface area contributed by atoms with Crippen LogP contribution in [0.3, 0.4) is 0 Å². The Labute approximate surface area is 102 Å². The molecule has 1 aromatic rings. The number of urea groups is 1. The zero-order chi connectivity index (χ0) is 12.7. The van der Waals surface area contributed by atoms with Gasteiger partial charge in [0.2, 0.25) is 0 Å². The molecule has 0 aromatic carbocycles. The van der Waals surface area contributed by atoms with E-state index < -0.39 is 0 Å². The molecule has 1 rings (SSSR count). The predicted octanol–water partition coefficient (Wildman–Crippen LogP) is 1.55. The molecule has 2 amide bonds. The van der Waals surface area contributed by atoms with Crippen molar-refractivity contribution in [3.8, 4) is 0 Å². The number of pyridine rings is 1. The van der Waals surface area contributed by atoms with Crippen molar-refractivity contribution in [2.45, 2.75) is 19.8 Å². The van der Waals surface area contributed by atoms with Gasteiger partial charge in [0.05, 0.1) is 0 Å². The van der Waals surface area contributed by atoms with Crippen molar-refractivity contribution in [2.75, 3.05) is 25.5 Å². The number of carbonyl (C=O) groups is 1. The normalized spacial score (nSPS) is 10.1. The molecule has 94 valence electrons. The molecule has 0 radical (unpaired) electrons. The Morgan fingerprint density at radius 2 is 2.12 bits per heavy atom. The Kier molecular flexibility index (Phi) is 5.26. The van der Waals surface area contributed by atoms with E-state index in [4.69, 9.17) is 0 Å². The van der Waals surface area contributed by atoms with E-state index in [9.17, 15) is 4.79 Å². The van der Waals surface area contributed by atoms with Crippen LogP contribution in [0.4, 0.5) is 10.6 Å². The number of aromatic nitrogens is 1. The van der Waals surface area contributed by atoms with E-state index in [0.717, 1.165) is 5.82 Å². The van der Waals surface area contributed by atoms with Gasteiger partial charge in [0.15, 0.2) is 0 Å². The third kappa shape index (κ3) is 4.72. The first kappa shape index (κ1) is 13.3. The predicted molar refractivity (Wildman–Crippen MR) is 69.3 cm³/mol. The molecule has 0 saturated heterocycles. The molecule has 5 nitrogen and oxygen atoms in total. The third-order valence-corrected chi connectivity index (χ3v) is 2.40. The van der Waals surface area contributed by atoms with Crippen LogP contribution in [0.2, 0.25) is 0 Å². The van der Waals surface area contributed by atoms with Gasteiger partial charge in [-0.1, -0.05) is 19.9 Å². The lowest BCUT2D eigenvalue weighted by Crippen LogP contribution is -2.35. The molecule has 0 saturated carbocycles. The number of hydrogen-bond donors (Lipinski definition) is 3. The topological polar surface area (TPSA) is 66.1 Å². The Morgan fingerprint density at radius 1 is 1.35 bits per heavy atom. The molecular weight excluding hydrogens is 216 g/mol. The summed E-state index contributed by atoms with van der Waals surface area (Å²) in [5, 5.41) is 8.32. The standard InChI is InChI=1S/C12H20N4O/c1-9(2)10-4-5-11(16-8-10)14-6-7-15-12(17)13-3/h4-5,8-9H,6-7H2,1-3H3,(H,14,16)(H2,13,15,17). The SMILES string of the molecule is CNC(=O)NCCNc1ccc(C(C)C)cn1. The van der Waals surface area contributed by atoms with E-state index in [2.05, 4.69) is 40.8 Å². The molecule has 0 aliphatic carbocycles. The van der Waals surface area contributed by atoms with Crippen LogP contribution in [0.25, 0.3) is 0 Å². The minimum Gasteiger partial charge on any atom is -0.368 e. The summed E-state index contributed by atoms with van der Waals surface area (Å²) in [6.07, 6.45) is 1.87. The number of nitrogens with one attached hydrogen (secondary N) is 3. The number of nitrogens with zero attached hydrogens (tertiary/aromatic N) is 1. The molecule has 1 aromatic heterocycles. The number of amides is 2. The average molecular weight is 236 g/mol. The lowest BCUT2D eigenvalue weighted by Gasteiger charge is -2.08. The monoisotopic (exact) mass is 236 g/mol. The summed E-state index contributed by atoms with van der Waals surface area (Å²) in [6, 6.07) is 3.84. The first-order chi connectivity index (χ1) is 8.13. The lowest BCUT2D eigenvalue weighted by atomic mass is 10.1. The zero-order valence-electron chi connectivity index (χ0n) is 10.6. The van der Waals surface area contributed by atoms with Crippen molar-refractivity contribution in [1.82, 2.24) is 15.6 Å². The van der Waals surface area contributed by atoms with Gasteiger partial charge in [0, 0.05) is 26.3 Å². The fourth-order valence-electron chi connectivity index (χ4n) is 1.31. The van der Waals surface area contributed by atoms with E-state index in [0.29, 0.717) is 19.0 Å². The molecule has 5 heteroatoms. The van der Waals surface area contributed by atoms with E-state index in [-0.39, 0.29) is 6.03 Å². The average Bonchev–Trinajstić information content (AvgIpc) is 2.34. The van der Waals surface area contributed by atoms with Crippen molar-refractivity contribution in [2.24, 2.45) is 0 Å². The van der Waals surface area contributed by atoms with Gasteiger partial charge in [-0.15, -0.1) is 0 Å². The Bertz CT molecular complexity index is 348. The summed E-state index contributed by atoms with van der Waals surface area (Å²) in [5.74, 6) is 1.32. The maximum atomic E-state index is 10.9. The Morgan fingerprint density at radius 3 is 2.65 bits per heavy atom. The highest BCUT2D eigenvalue weighted by Gasteiger charge is 1.99. The molecule has 0 aliphatic rings. The lowest BCUT2D eigenvalue weighted by molar-refractivity contribution is 0.243. The smallest absolute Gasteiger partial charge is 0.314 e. The fourth-order valence-corrected chi connectivity index (χ4v) is 1.31. The molecular formula is C12H20N4O. The van der Waals surface area contributed by atoms with E-state index in [1.165, 1.54) is 5.56 Å². The van der Waals surface area contributed by atoms with Crippen LogP contribution in [0.15, 0.2) is 18.3 Å². The number of anilines is 1. The summed E-state index contributed by atoms with van der Waals surface area (Å²) >= 11 is 0. The fraction of sp³-hybridized carbons (Fsp3) is 0.500. The zero-order valence-corrected chi connectivity index (χ0v) is 10.6. The van der Waals surface area contributed by atoms with Gasteiger partial charge in [-0.2, -0.15) is 0 Å². The van der Waals surface area contributed by atoms with Gasteiger partial charge in [0.1, 0.15) is 5.82 Å². The molecule has 0 unspecified atom stereocenters. The van der Waals surface area contributed by atoms with E-state index in [1.807, 2.05) is 12.3 Å². The Hall–Kier alpha value is -1.78. The second kappa shape index (κ2) is 6.73. The van der Waals surface area contributed by atoms with Crippen LogP contribution in [-0.4, -0.2) is 31.2 Å². The minimum atomic E-state index is -0.171. The number of rotatable bonds is 5. The van der Waals surface area contributed by atoms with Gasteiger partial charge < -0.3 is 16.0 Å². The number of carbonyl (C=O) groups excluding carboxylic acids is 1. The van der Waals surface area contributed by atoms with Crippen molar-refractivity contribution in [1.29, 1.82) is 0 Å². The molecule has 1 heterocycles. The second-order valence-electron chi connectivity index (χ2n) is 4.06. The molecule has 0 bridgehead atoms. The van der Waals surface area contributed by atoms with E-state index in [1.54, 1.807) is 7.05 Å². The summed E-state index contributed by atoms with van der Waals surface area (Å²) in [6.45, 7) is 5.49. The van der Waals surface area contributed by atoms with Crippen LogP contribution in [0.5, 0.6) is 0 Å². The van der Waals surface area contributed by atoms with Gasteiger partial charge in [-0.05, 0) is 17.5 Å². The summed E-state index contributed by atoms with van der Waals surface area (Å²) < 4.78 is 0. The Balaban J connectivity index is 2.30. The van der Waals surface area contributed by atoms with Crippen LogP contribution in [-0.2, 0) is 0 Å². The maximum absolute atomic E-state index is 10.9. The van der Waals surface area contributed by atoms with Crippen LogP contribution >= 0.6 is 0 Å². The quantitative estimate of drug-likeness (QED) is 0.679. The van der Waals surface area contributed by atoms with Gasteiger partial charge in [-0.25, -0.2) is 9.78 Å². The molecule has 0 aliphatic heterocycles. The summed E-state index contributed by atoms with van der Waals surface area (Å²) in [4.78, 5) is 15.2. The van der Waals surface area contributed by atoms with Crippen LogP contribution < -0.4 is 16.0 Å². The van der Waals surface area contributed by atoms with Crippen molar-refractivity contribution < 1.29 is 4.79 Å². The maximum Gasteiger partial charge on any atom is 0.314 e. The van der Waals surface area contributed by atoms with Crippen LogP contribution in [0.1, 0.15) is 25.3 Å². The summed E-state index contributed by atoms with van der Waals surface area (Å²) in [7, 11) is 1.59. The first-order valence-electron chi connectivity index (χ1n) is 5.79. The molecule has 0 spiro atoms. The molecule has 3 N–H and O–H groups in total. The molecule has 0 atom stereocenters. The molecule has 0 fully saturated rings. The highest BCUT2D eigenvalue weighted by molar-refractivity contribution is 5.73. The largest absolute Gasteiger partial charge is 0.368 e. The van der Waals surface area contributed by atoms with E-state index >= 15 is 0 Å². The van der Waals surface area contributed by atoms with Gasteiger partial charge in [0.25, 0.3) is 0 Å². The number of hydrogen-bond acceptors (Lipinski definition) is 3. The highest BCUT2D eigenvalue weighted by Crippen LogP contribution is 2.14. The van der Waals surface area contributed by atoms with Crippen LogP contribution in [0, 0.1) is 0 Å². The molecule has 17 heavy (non-hydrogen) atoms.